The molecule has 2 heterocycles. The van der Waals surface area contributed by atoms with Crippen molar-refractivity contribution in [2.75, 3.05) is 0 Å². The first kappa shape index (κ1) is 11.8. The lowest BCUT2D eigenvalue weighted by atomic mass is 10.1. The number of hydrogen-bond donors (Lipinski definition) is 1. The molecular weight excluding hydrogens is 212 g/mol. The molecular formula is C13H18N4. The van der Waals surface area contributed by atoms with Gasteiger partial charge in [0.25, 0.3) is 0 Å². The predicted octanol–water partition coefficient (Wildman–Crippen LogP) is 1.37. The van der Waals surface area contributed by atoms with E-state index in [0.717, 1.165) is 24.4 Å². The maximum absolute atomic E-state index is 5.71. The highest BCUT2D eigenvalue weighted by Gasteiger charge is 2.10. The van der Waals surface area contributed by atoms with E-state index in [1.54, 1.807) is 6.20 Å². The van der Waals surface area contributed by atoms with Crippen molar-refractivity contribution in [3.05, 3.63) is 47.3 Å². The summed E-state index contributed by atoms with van der Waals surface area (Å²) >= 11 is 0. The van der Waals surface area contributed by atoms with E-state index >= 15 is 0 Å². The second-order valence-electron chi connectivity index (χ2n) is 4.18. The van der Waals surface area contributed by atoms with Crippen molar-refractivity contribution in [3.63, 3.8) is 0 Å². The number of aryl methyl sites for hydroxylation is 2. The van der Waals surface area contributed by atoms with E-state index in [2.05, 4.69) is 20.6 Å². The van der Waals surface area contributed by atoms with Crippen molar-refractivity contribution >= 4 is 0 Å². The summed E-state index contributed by atoms with van der Waals surface area (Å²) < 4.78 is 2.12. The van der Waals surface area contributed by atoms with E-state index in [4.69, 9.17) is 5.73 Å². The van der Waals surface area contributed by atoms with Gasteiger partial charge in [-0.1, -0.05) is 6.07 Å². The van der Waals surface area contributed by atoms with Crippen molar-refractivity contribution in [3.8, 4) is 0 Å². The average Bonchev–Trinajstić information content (AvgIpc) is 2.64. The van der Waals surface area contributed by atoms with E-state index in [0.29, 0.717) is 6.54 Å². The van der Waals surface area contributed by atoms with E-state index in [1.807, 2.05) is 26.2 Å². The summed E-state index contributed by atoms with van der Waals surface area (Å²) in [6.45, 7) is 2.51. The molecule has 90 valence electrons. The van der Waals surface area contributed by atoms with Crippen molar-refractivity contribution in [1.29, 1.82) is 0 Å². The summed E-state index contributed by atoms with van der Waals surface area (Å²) in [5, 5.41) is 0. The Morgan fingerprint density at radius 1 is 1.35 bits per heavy atom. The van der Waals surface area contributed by atoms with Crippen LogP contribution in [0.3, 0.4) is 0 Å². The largest absolute Gasteiger partial charge is 0.335 e. The lowest BCUT2D eigenvalue weighted by molar-refractivity contribution is 0.764. The standard InChI is InChI=1S/C13H18N4/c1-10-16-12(8-14)13(17(10)2)6-5-11-4-3-7-15-9-11/h3-4,7,9H,5-6,8,14H2,1-2H3. The Labute approximate surface area is 102 Å². The van der Waals surface area contributed by atoms with Crippen LogP contribution in [0.1, 0.15) is 22.8 Å². The average molecular weight is 230 g/mol. The van der Waals surface area contributed by atoms with Gasteiger partial charge < -0.3 is 10.3 Å². The lowest BCUT2D eigenvalue weighted by Crippen LogP contribution is -2.06. The molecule has 0 aliphatic carbocycles. The molecule has 4 nitrogen and oxygen atoms in total. The van der Waals surface area contributed by atoms with E-state index in [-0.39, 0.29) is 0 Å². The predicted molar refractivity (Wildman–Crippen MR) is 67.5 cm³/mol. The second-order valence-corrected chi connectivity index (χ2v) is 4.18. The Balaban J connectivity index is 2.14. The van der Waals surface area contributed by atoms with Gasteiger partial charge in [-0.25, -0.2) is 4.98 Å². The molecule has 0 unspecified atom stereocenters. The Bertz CT molecular complexity index is 488. The van der Waals surface area contributed by atoms with Crippen LogP contribution < -0.4 is 5.73 Å². The summed E-state index contributed by atoms with van der Waals surface area (Å²) in [4.78, 5) is 8.58. The number of pyridine rings is 1. The summed E-state index contributed by atoms with van der Waals surface area (Å²) in [6, 6.07) is 4.06. The molecule has 2 aromatic rings. The molecule has 0 bridgehead atoms. The summed E-state index contributed by atoms with van der Waals surface area (Å²) in [7, 11) is 2.04. The van der Waals surface area contributed by atoms with Crippen LogP contribution >= 0.6 is 0 Å². The zero-order valence-electron chi connectivity index (χ0n) is 10.3. The van der Waals surface area contributed by atoms with E-state index in [1.165, 1.54) is 11.3 Å². The highest BCUT2D eigenvalue weighted by molar-refractivity contribution is 5.19. The minimum Gasteiger partial charge on any atom is -0.335 e. The van der Waals surface area contributed by atoms with Gasteiger partial charge in [-0.15, -0.1) is 0 Å². The third-order valence-corrected chi connectivity index (χ3v) is 3.09. The van der Waals surface area contributed by atoms with Gasteiger partial charge in [-0.2, -0.15) is 0 Å². The molecule has 0 atom stereocenters. The molecule has 0 fully saturated rings. The van der Waals surface area contributed by atoms with Gasteiger partial charge in [0.05, 0.1) is 5.69 Å². The molecule has 0 amide bonds. The van der Waals surface area contributed by atoms with E-state index in [9.17, 15) is 0 Å². The smallest absolute Gasteiger partial charge is 0.105 e. The van der Waals surface area contributed by atoms with Crippen LogP contribution in [0.2, 0.25) is 0 Å². The number of aromatic nitrogens is 3. The summed E-state index contributed by atoms with van der Waals surface area (Å²) in [5.74, 6) is 1.02. The maximum atomic E-state index is 5.71. The fraction of sp³-hybridized carbons (Fsp3) is 0.385. The molecule has 2 N–H and O–H groups in total. The zero-order valence-corrected chi connectivity index (χ0v) is 10.3. The van der Waals surface area contributed by atoms with Gasteiger partial charge in [0.2, 0.25) is 0 Å². The van der Waals surface area contributed by atoms with Crippen LogP contribution in [-0.4, -0.2) is 14.5 Å². The Kier molecular flexibility index (Phi) is 3.54. The lowest BCUT2D eigenvalue weighted by Gasteiger charge is -2.05. The van der Waals surface area contributed by atoms with Gasteiger partial charge in [0.1, 0.15) is 5.82 Å². The third-order valence-electron chi connectivity index (χ3n) is 3.09. The molecule has 0 saturated heterocycles. The van der Waals surface area contributed by atoms with Crippen LogP contribution in [0.25, 0.3) is 0 Å². The number of nitrogens with two attached hydrogens (primary N) is 1. The van der Waals surface area contributed by atoms with Crippen molar-refractivity contribution in [2.45, 2.75) is 26.3 Å². The van der Waals surface area contributed by atoms with Gasteiger partial charge in [-0.3, -0.25) is 4.98 Å². The zero-order chi connectivity index (χ0) is 12.3. The topological polar surface area (TPSA) is 56.7 Å². The molecule has 4 heteroatoms. The first-order chi connectivity index (χ1) is 8.22. The monoisotopic (exact) mass is 230 g/mol. The normalized spacial score (nSPS) is 10.8. The quantitative estimate of drug-likeness (QED) is 0.863. The molecule has 0 aromatic carbocycles. The number of imidazole rings is 1. The van der Waals surface area contributed by atoms with E-state index < -0.39 is 0 Å². The Morgan fingerprint density at radius 3 is 2.82 bits per heavy atom. The van der Waals surface area contributed by atoms with Crippen molar-refractivity contribution in [2.24, 2.45) is 12.8 Å². The first-order valence-corrected chi connectivity index (χ1v) is 5.82. The first-order valence-electron chi connectivity index (χ1n) is 5.82. The van der Waals surface area contributed by atoms with Gasteiger partial charge >= 0.3 is 0 Å². The number of hydrogen-bond acceptors (Lipinski definition) is 3. The fourth-order valence-electron chi connectivity index (χ4n) is 2.01. The van der Waals surface area contributed by atoms with Crippen LogP contribution in [0.5, 0.6) is 0 Å². The van der Waals surface area contributed by atoms with Crippen molar-refractivity contribution < 1.29 is 0 Å². The highest BCUT2D eigenvalue weighted by atomic mass is 15.1. The SMILES string of the molecule is Cc1nc(CN)c(CCc2cccnc2)n1C. The molecule has 2 rings (SSSR count). The molecule has 0 aliphatic rings. The molecule has 2 aromatic heterocycles. The summed E-state index contributed by atoms with van der Waals surface area (Å²) in [6.07, 6.45) is 5.63. The Morgan fingerprint density at radius 2 is 2.18 bits per heavy atom. The van der Waals surface area contributed by atoms with Crippen LogP contribution in [0, 0.1) is 6.92 Å². The second kappa shape index (κ2) is 5.10. The van der Waals surface area contributed by atoms with Crippen LogP contribution in [-0.2, 0) is 26.4 Å². The minimum absolute atomic E-state index is 0.504. The molecule has 0 radical (unpaired) electrons. The molecule has 0 aliphatic heterocycles. The van der Waals surface area contributed by atoms with Crippen LogP contribution in [0.15, 0.2) is 24.5 Å². The molecule has 0 spiro atoms. The fourth-order valence-corrected chi connectivity index (χ4v) is 2.01. The summed E-state index contributed by atoms with van der Waals surface area (Å²) in [5.41, 5.74) is 9.20. The Hall–Kier alpha value is -1.68. The maximum Gasteiger partial charge on any atom is 0.105 e. The number of nitrogens with zero attached hydrogens (tertiary/aromatic N) is 3. The van der Waals surface area contributed by atoms with Gasteiger partial charge in [0, 0.05) is 31.7 Å². The third kappa shape index (κ3) is 2.53. The number of rotatable bonds is 4. The van der Waals surface area contributed by atoms with Gasteiger partial charge in [-0.05, 0) is 31.4 Å². The van der Waals surface area contributed by atoms with Crippen LogP contribution in [0.4, 0.5) is 0 Å². The van der Waals surface area contributed by atoms with Gasteiger partial charge in [0.15, 0.2) is 0 Å². The molecule has 17 heavy (non-hydrogen) atoms. The minimum atomic E-state index is 0.504. The highest BCUT2D eigenvalue weighted by Crippen LogP contribution is 2.12. The molecule has 0 saturated carbocycles. The van der Waals surface area contributed by atoms with Crippen molar-refractivity contribution in [1.82, 2.24) is 14.5 Å².